The Bertz CT molecular complexity index is 575. The van der Waals surface area contributed by atoms with Crippen LogP contribution >= 0.6 is 11.8 Å². The Morgan fingerprint density at radius 1 is 1.19 bits per heavy atom. The van der Waals surface area contributed by atoms with Crippen LogP contribution < -0.4 is 5.32 Å². The van der Waals surface area contributed by atoms with E-state index in [-0.39, 0.29) is 12.5 Å². The zero-order chi connectivity index (χ0) is 14.9. The summed E-state index contributed by atoms with van der Waals surface area (Å²) in [4.78, 5) is 17.2. The molecule has 0 spiro atoms. The van der Waals surface area contributed by atoms with Gasteiger partial charge in [0, 0.05) is 29.4 Å². The molecule has 5 heteroatoms. The van der Waals surface area contributed by atoms with Crippen molar-refractivity contribution in [2.45, 2.75) is 17.9 Å². The molecule has 1 aromatic carbocycles. The first-order valence-electron chi connectivity index (χ1n) is 6.81. The van der Waals surface area contributed by atoms with Crippen molar-refractivity contribution in [3.8, 4) is 0 Å². The van der Waals surface area contributed by atoms with Crippen molar-refractivity contribution in [3.05, 3.63) is 59.9 Å². The number of rotatable bonds is 7. The lowest BCUT2D eigenvalue weighted by Gasteiger charge is -2.08. The second-order valence-corrected chi connectivity index (χ2v) is 5.62. The molecule has 1 amide bonds. The van der Waals surface area contributed by atoms with Gasteiger partial charge in [-0.15, -0.1) is 11.8 Å². The minimum Gasteiger partial charge on any atom is -0.392 e. The quantitative estimate of drug-likeness (QED) is 0.609. The van der Waals surface area contributed by atoms with Gasteiger partial charge >= 0.3 is 0 Å². The van der Waals surface area contributed by atoms with Crippen LogP contribution in [0.3, 0.4) is 0 Å². The lowest BCUT2D eigenvalue weighted by Crippen LogP contribution is -2.25. The Balaban J connectivity index is 1.72. The van der Waals surface area contributed by atoms with Crippen LogP contribution in [0.2, 0.25) is 0 Å². The molecule has 1 aromatic heterocycles. The first-order valence-corrected chi connectivity index (χ1v) is 7.79. The number of benzene rings is 1. The van der Waals surface area contributed by atoms with Crippen molar-refractivity contribution in [1.29, 1.82) is 0 Å². The molecule has 0 aliphatic rings. The maximum absolute atomic E-state index is 12.0. The van der Waals surface area contributed by atoms with E-state index in [0.717, 1.165) is 12.2 Å². The number of pyridine rings is 1. The predicted octanol–water partition coefficient (Wildman–Crippen LogP) is 2.49. The van der Waals surface area contributed by atoms with E-state index in [1.165, 1.54) is 4.90 Å². The molecule has 0 unspecified atom stereocenters. The van der Waals surface area contributed by atoms with Gasteiger partial charge in [-0.2, -0.15) is 0 Å². The number of nitrogens with zero attached hydrogens (tertiary/aromatic N) is 1. The van der Waals surface area contributed by atoms with Gasteiger partial charge in [0.1, 0.15) is 0 Å². The number of aromatic nitrogens is 1. The van der Waals surface area contributed by atoms with Gasteiger partial charge in [-0.25, -0.2) is 0 Å². The van der Waals surface area contributed by atoms with E-state index in [1.54, 1.807) is 42.4 Å². The molecule has 4 nitrogen and oxygen atoms in total. The minimum absolute atomic E-state index is 0.124. The van der Waals surface area contributed by atoms with Gasteiger partial charge in [-0.1, -0.05) is 18.2 Å². The normalized spacial score (nSPS) is 10.3. The summed E-state index contributed by atoms with van der Waals surface area (Å²) in [6.07, 6.45) is 4.44. The lowest BCUT2D eigenvalue weighted by molar-refractivity contribution is 0.0950. The number of carbonyl (C=O) groups is 1. The summed E-state index contributed by atoms with van der Waals surface area (Å²) in [5.74, 6) is 0.805. The number of amides is 1. The lowest BCUT2D eigenvalue weighted by atomic mass is 10.1. The fourth-order valence-electron chi connectivity index (χ4n) is 1.87. The highest BCUT2D eigenvalue weighted by Gasteiger charge is 2.09. The topological polar surface area (TPSA) is 62.2 Å². The summed E-state index contributed by atoms with van der Waals surface area (Å²) in [7, 11) is 0. The highest BCUT2D eigenvalue weighted by molar-refractivity contribution is 7.99. The van der Waals surface area contributed by atoms with E-state index >= 15 is 0 Å². The van der Waals surface area contributed by atoms with Gasteiger partial charge in [0.2, 0.25) is 0 Å². The molecular formula is C16H18N2O2S. The molecule has 0 saturated carbocycles. The molecule has 0 radical (unpaired) electrons. The first kappa shape index (κ1) is 15.5. The van der Waals surface area contributed by atoms with Crippen LogP contribution in [-0.4, -0.2) is 28.3 Å². The van der Waals surface area contributed by atoms with Crippen LogP contribution in [0.4, 0.5) is 0 Å². The van der Waals surface area contributed by atoms with Crippen molar-refractivity contribution < 1.29 is 9.90 Å². The number of nitrogens with one attached hydrogen (secondary N) is 1. The van der Waals surface area contributed by atoms with Crippen LogP contribution in [-0.2, 0) is 6.61 Å². The number of aliphatic hydroxyl groups is 1. The average molecular weight is 302 g/mol. The molecule has 0 saturated heterocycles. The van der Waals surface area contributed by atoms with Crippen LogP contribution in [0, 0.1) is 0 Å². The molecule has 0 fully saturated rings. The van der Waals surface area contributed by atoms with Gasteiger partial charge in [0.15, 0.2) is 0 Å². The smallest absolute Gasteiger partial charge is 0.251 e. The summed E-state index contributed by atoms with van der Waals surface area (Å²) in [6.45, 7) is 0.498. The molecule has 0 aliphatic carbocycles. The average Bonchev–Trinajstić information content (AvgIpc) is 2.55. The zero-order valence-electron chi connectivity index (χ0n) is 11.7. The van der Waals surface area contributed by atoms with Gasteiger partial charge in [-0.05, 0) is 35.9 Å². The van der Waals surface area contributed by atoms with Crippen molar-refractivity contribution in [2.75, 3.05) is 12.3 Å². The third-order valence-electron chi connectivity index (χ3n) is 2.96. The van der Waals surface area contributed by atoms with Crippen molar-refractivity contribution in [2.24, 2.45) is 0 Å². The second-order valence-electron chi connectivity index (χ2n) is 4.46. The standard InChI is InChI=1S/C16H18N2O2S/c19-12-13-4-1-2-5-15(13)16(20)18-8-3-11-21-14-6-9-17-10-7-14/h1-2,4-7,9-10,19H,3,8,11-12H2,(H,18,20). The molecule has 2 aromatic rings. The van der Waals surface area contributed by atoms with E-state index in [4.69, 9.17) is 0 Å². The Morgan fingerprint density at radius 2 is 1.95 bits per heavy atom. The van der Waals surface area contributed by atoms with Gasteiger partial charge in [0.05, 0.1) is 6.61 Å². The second kappa shape index (κ2) is 8.44. The van der Waals surface area contributed by atoms with Crippen LogP contribution in [0.5, 0.6) is 0 Å². The number of hydrogen-bond acceptors (Lipinski definition) is 4. The van der Waals surface area contributed by atoms with E-state index in [9.17, 15) is 9.90 Å². The number of aliphatic hydroxyl groups excluding tert-OH is 1. The van der Waals surface area contributed by atoms with Crippen molar-refractivity contribution in [1.82, 2.24) is 10.3 Å². The highest BCUT2D eigenvalue weighted by atomic mass is 32.2. The van der Waals surface area contributed by atoms with Gasteiger partial charge in [-0.3, -0.25) is 9.78 Å². The van der Waals surface area contributed by atoms with E-state index in [2.05, 4.69) is 10.3 Å². The number of carbonyl (C=O) groups excluding carboxylic acids is 1. The fourth-order valence-corrected chi connectivity index (χ4v) is 2.71. The SMILES string of the molecule is O=C(NCCCSc1ccncc1)c1ccccc1CO. The Hall–Kier alpha value is -1.85. The Morgan fingerprint density at radius 3 is 2.71 bits per heavy atom. The van der Waals surface area contributed by atoms with E-state index < -0.39 is 0 Å². The Kier molecular flexibility index (Phi) is 6.24. The minimum atomic E-state index is -0.131. The van der Waals surface area contributed by atoms with Crippen molar-refractivity contribution >= 4 is 17.7 Å². The maximum atomic E-state index is 12.0. The summed E-state index contributed by atoms with van der Waals surface area (Å²) >= 11 is 1.74. The highest BCUT2D eigenvalue weighted by Crippen LogP contribution is 2.16. The summed E-state index contributed by atoms with van der Waals surface area (Å²) in [5.41, 5.74) is 1.20. The molecule has 21 heavy (non-hydrogen) atoms. The molecule has 1 heterocycles. The monoisotopic (exact) mass is 302 g/mol. The third kappa shape index (κ3) is 4.88. The molecule has 110 valence electrons. The molecule has 0 atom stereocenters. The maximum Gasteiger partial charge on any atom is 0.251 e. The summed E-state index contributed by atoms with van der Waals surface area (Å²) in [6, 6.07) is 11.0. The fraction of sp³-hybridized carbons (Fsp3) is 0.250. The Labute approximate surface area is 128 Å². The van der Waals surface area contributed by atoms with E-state index in [0.29, 0.717) is 17.7 Å². The third-order valence-corrected chi connectivity index (χ3v) is 4.06. The molecule has 0 aliphatic heterocycles. The first-order chi connectivity index (χ1) is 10.3. The predicted molar refractivity (Wildman–Crippen MR) is 84.3 cm³/mol. The van der Waals surface area contributed by atoms with Crippen LogP contribution in [0.15, 0.2) is 53.7 Å². The summed E-state index contributed by atoms with van der Waals surface area (Å²) in [5, 5.41) is 12.1. The zero-order valence-corrected chi connectivity index (χ0v) is 12.5. The molecule has 2 rings (SSSR count). The van der Waals surface area contributed by atoms with Gasteiger partial charge in [0.25, 0.3) is 5.91 Å². The molecule has 2 N–H and O–H groups in total. The van der Waals surface area contributed by atoms with E-state index in [1.807, 2.05) is 18.2 Å². The molecule has 0 bridgehead atoms. The van der Waals surface area contributed by atoms with Crippen LogP contribution in [0.25, 0.3) is 0 Å². The molecular weight excluding hydrogens is 284 g/mol. The van der Waals surface area contributed by atoms with Gasteiger partial charge < -0.3 is 10.4 Å². The van der Waals surface area contributed by atoms with Crippen LogP contribution in [0.1, 0.15) is 22.3 Å². The number of thioether (sulfide) groups is 1. The van der Waals surface area contributed by atoms with Crippen molar-refractivity contribution in [3.63, 3.8) is 0 Å². The largest absolute Gasteiger partial charge is 0.392 e. The summed E-state index contributed by atoms with van der Waals surface area (Å²) < 4.78 is 0. The number of hydrogen-bond donors (Lipinski definition) is 2.